The molecule has 1 aromatic rings. The highest BCUT2D eigenvalue weighted by atomic mass is 32.2. The van der Waals surface area contributed by atoms with Gasteiger partial charge in [-0.25, -0.2) is 0 Å². The Morgan fingerprint density at radius 1 is 1.20 bits per heavy atom. The van der Waals surface area contributed by atoms with Gasteiger partial charge in [0.25, 0.3) is 11.1 Å². The number of rotatable bonds is 3. The van der Waals surface area contributed by atoms with Crippen LogP contribution in [-0.4, -0.2) is 23.9 Å². The van der Waals surface area contributed by atoms with E-state index in [9.17, 15) is 22.8 Å². The molecule has 1 aliphatic rings. The third kappa shape index (κ3) is 4.02. The minimum Gasteiger partial charge on any atom is -0.484 e. The third-order valence-corrected chi connectivity index (χ3v) is 3.03. The zero-order valence-electron chi connectivity index (χ0n) is 9.86. The highest BCUT2D eigenvalue weighted by Gasteiger charge is 2.28. The van der Waals surface area contributed by atoms with Crippen LogP contribution in [0, 0.1) is 0 Å². The molecule has 1 aliphatic heterocycles. The van der Waals surface area contributed by atoms with Crippen molar-refractivity contribution < 1.29 is 27.5 Å². The summed E-state index contributed by atoms with van der Waals surface area (Å²) in [6.45, 7) is -1.36. The molecule has 1 heterocycles. The minimum absolute atomic E-state index is 0.0732. The van der Waals surface area contributed by atoms with Crippen molar-refractivity contribution in [3.63, 3.8) is 0 Å². The molecule has 0 unspecified atom stereocenters. The lowest BCUT2D eigenvalue weighted by Gasteiger charge is -2.08. The fourth-order valence-corrected chi connectivity index (χ4v) is 2.08. The van der Waals surface area contributed by atoms with Crippen LogP contribution in [0.5, 0.6) is 5.75 Å². The van der Waals surface area contributed by atoms with Crippen molar-refractivity contribution in [2.75, 3.05) is 6.61 Å². The van der Waals surface area contributed by atoms with Gasteiger partial charge in [-0.2, -0.15) is 13.2 Å². The monoisotopic (exact) mass is 303 g/mol. The molecule has 0 aliphatic carbocycles. The number of halogens is 3. The summed E-state index contributed by atoms with van der Waals surface area (Å²) in [6, 6.07) is 5.71. The number of nitrogens with one attached hydrogen (secondary N) is 1. The Morgan fingerprint density at radius 2 is 1.85 bits per heavy atom. The Kier molecular flexibility index (Phi) is 4.03. The van der Waals surface area contributed by atoms with Crippen LogP contribution in [0.3, 0.4) is 0 Å². The Hall–Kier alpha value is -1.96. The first-order valence-corrected chi connectivity index (χ1v) is 6.20. The van der Waals surface area contributed by atoms with E-state index in [-0.39, 0.29) is 10.7 Å². The fourth-order valence-electron chi connectivity index (χ4n) is 1.40. The number of thioether (sulfide) groups is 1. The van der Waals surface area contributed by atoms with Gasteiger partial charge in [0.05, 0.1) is 4.91 Å². The lowest BCUT2D eigenvalue weighted by Crippen LogP contribution is -2.19. The Bertz CT molecular complexity index is 566. The summed E-state index contributed by atoms with van der Waals surface area (Å²) in [4.78, 5) is 22.5. The molecule has 0 radical (unpaired) electrons. The first kappa shape index (κ1) is 14.4. The van der Waals surface area contributed by atoms with E-state index in [1.165, 1.54) is 30.3 Å². The summed E-state index contributed by atoms with van der Waals surface area (Å²) in [7, 11) is 0. The molecule has 1 fully saturated rings. The SMILES string of the molecule is O=C1NC(=O)/C(=C/c2ccc(OCC(F)(F)F)cc2)S1. The smallest absolute Gasteiger partial charge is 0.422 e. The number of carbonyl (C=O) groups is 2. The molecule has 0 spiro atoms. The number of benzene rings is 1. The zero-order chi connectivity index (χ0) is 14.8. The maximum Gasteiger partial charge on any atom is 0.422 e. The molecule has 20 heavy (non-hydrogen) atoms. The molecule has 1 saturated heterocycles. The van der Waals surface area contributed by atoms with Gasteiger partial charge in [0.1, 0.15) is 5.75 Å². The molecular weight excluding hydrogens is 295 g/mol. The van der Waals surface area contributed by atoms with Crippen molar-refractivity contribution in [3.8, 4) is 5.75 Å². The summed E-state index contributed by atoms with van der Waals surface area (Å²) in [5, 5.41) is 1.65. The number of ether oxygens (including phenoxy) is 1. The molecule has 0 saturated carbocycles. The van der Waals surface area contributed by atoms with Gasteiger partial charge in [0.2, 0.25) is 0 Å². The molecular formula is C12H8F3NO3S. The van der Waals surface area contributed by atoms with E-state index < -0.39 is 23.9 Å². The van der Waals surface area contributed by atoms with Gasteiger partial charge >= 0.3 is 6.18 Å². The summed E-state index contributed by atoms with van der Waals surface area (Å²) in [6.07, 6.45) is -2.92. The predicted molar refractivity (Wildman–Crippen MR) is 67.1 cm³/mol. The molecule has 4 nitrogen and oxygen atoms in total. The average Bonchev–Trinajstić information content (AvgIpc) is 2.66. The Balaban J connectivity index is 2.03. The van der Waals surface area contributed by atoms with E-state index >= 15 is 0 Å². The van der Waals surface area contributed by atoms with Crippen molar-refractivity contribution in [1.29, 1.82) is 0 Å². The molecule has 106 valence electrons. The van der Waals surface area contributed by atoms with Gasteiger partial charge < -0.3 is 4.74 Å². The fraction of sp³-hybridized carbons (Fsp3) is 0.167. The highest BCUT2D eigenvalue weighted by Crippen LogP contribution is 2.26. The van der Waals surface area contributed by atoms with Crippen molar-refractivity contribution in [2.24, 2.45) is 0 Å². The quantitative estimate of drug-likeness (QED) is 0.872. The van der Waals surface area contributed by atoms with Gasteiger partial charge in [-0.05, 0) is 35.5 Å². The van der Waals surface area contributed by atoms with Crippen LogP contribution in [0.4, 0.5) is 18.0 Å². The van der Waals surface area contributed by atoms with Gasteiger partial charge in [-0.1, -0.05) is 12.1 Å². The van der Waals surface area contributed by atoms with E-state index in [0.717, 1.165) is 11.8 Å². The van der Waals surface area contributed by atoms with Gasteiger partial charge in [0.15, 0.2) is 6.61 Å². The molecule has 0 bridgehead atoms. The standard InChI is InChI=1S/C12H8F3NO3S/c13-12(14,15)6-19-8-3-1-7(2-4-8)5-9-10(17)16-11(18)20-9/h1-5H,6H2,(H,16,17,18)/b9-5-. The summed E-state index contributed by atoms with van der Waals surface area (Å²) >= 11 is 0.768. The van der Waals surface area contributed by atoms with Crippen molar-refractivity contribution >= 4 is 29.0 Å². The molecule has 1 aromatic carbocycles. The molecule has 0 aromatic heterocycles. The lowest BCUT2D eigenvalue weighted by molar-refractivity contribution is -0.153. The zero-order valence-corrected chi connectivity index (χ0v) is 10.7. The minimum atomic E-state index is -4.39. The molecule has 8 heteroatoms. The second-order valence-corrected chi connectivity index (χ2v) is 4.84. The molecule has 2 rings (SSSR count). The third-order valence-electron chi connectivity index (χ3n) is 2.22. The van der Waals surface area contributed by atoms with E-state index in [1.54, 1.807) is 0 Å². The first-order valence-electron chi connectivity index (χ1n) is 5.38. The van der Waals surface area contributed by atoms with E-state index in [0.29, 0.717) is 5.56 Å². The number of imide groups is 1. The first-order chi connectivity index (χ1) is 9.33. The van der Waals surface area contributed by atoms with Crippen LogP contribution >= 0.6 is 11.8 Å². The largest absolute Gasteiger partial charge is 0.484 e. The number of hydrogen-bond donors (Lipinski definition) is 1. The highest BCUT2D eigenvalue weighted by molar-refractivity contribution is 8.18. The summed E-state index contributed by atoms with van der Waals surface area (Å²) in [5.74, 6) is -0.415. The number of amides is 2. The second kappa shape index (κ2) is 5.58. The van der Waals surface area contributed by atoms with Crippen LogP contribution in [0.2, 0.25) is 0 Å². The van der Waals surface area contributed by atoms with Crippen LogP contribution < -0.4 is 10.1 Å². The summed E-state index contributed by atoms with van der Waals surface area (Å²) in [5.41, 5.74) is 0.580. The molecule has 0 atom stereocenters. The lowest BCUT2D eigenvalue weighted by atomic mass is 10.2. The molecule has 1 N–H and O–H groups in total. The van der Waals surface area contributed by atoms with Crippen LogP contribution in [0.15, 0.2) is 29.2 Å². The number of carbonyl (C=O) groups excluding carboxylic acids is 2. The topological polar surface area (TPSA) is 55.4 Å². The van der Waals surface area contributed by atoms with Gasteiger partial charge in [-0.3, -0.25) is 14.9 Å². The van der Waals surface area contributed by atoms with E-state index in [4.69, 9.17) is 0 Å². The number of alkyl halides is 3. The van der Waals surface area contributed by atoms with Crippen molar-refractivity contribution in [3.05, 3.63) is 34.7 Å². The van der Waals surface area contributed by atoms with Gasteiger partial charge in [0, 0.05) is 0 Å². The maximum absolute atomic E-state index is 12.0. The van der Waals surface area contributed by atoms with Crippen LogP contribution in [0.25, 0.3) is 6.08 Å². The maximum atomic E-state index is 12.0. The van der Waals surface area contributed by atoms with E-state index in [1.807, 2.05) is 0 Å². The second-order valence-electron chi connectivity index (χ2n) is 3.83. The van der Waals surface area contributed by atoms with Crippen LogP contribution in [0.1, 0.15) is 5.56 Å². The Labute approximate surface area is 116 Å². The van der Waals surface area contributed by atoms with Crippen molar-refractivity contribution in [2.45, 2.75) is 6.18 Å². The van der Waals surface area contributed by atoms with Crippen LogP contribution in [-0.2, 0) is 4.79 Å². The van der Waals surface area contributed by atoms with Crippen molar-refractivity contribution in [1.82, 2.24) is 5.32 Å². The normalized spacial score (nSPS) is 17.4. The van der Waals surface area contributed by atoms with E-state index in [2.05, 4.69) is 10.1 Å². The Morgan fingerprint density at radius 3 is 2.35 bits per heavy atom. The average molecular weight is 303 g/mol. The summed E-state index contributed by atoms with van der Waals surface area (Å²) < 4.78 is 40.4. The number of hydrogen-bond acceptors (Lipinski definition) is 4. The van der Waals surface area contributed by atoms with Gasteiger partial charge in [-0.15, -0.1) is 0 Å². The predicted octanol–water partition coefficient (Wildman–Crippen LogP) is 2.95. The molecule has 2 amide bonds.